The lowest BCUT2D eigenvalue weighted by molar-refractivity contribution is 0.734. The van der Waals surface area contributed by atoms with E-state index < -0.39 is 0 Å². The Kier molecular flexibility index (Phi) is 2.08. The molecule has 1 aliphatic rings. The molecule has 0 aromatic carbocycles. The van der Waals surface area contributed by atoms with Gasteiger partial charge < -0.3 is 0 Å². The molecular weight excluding hydrogens is 87.0 g/mol. The summed E-state index contributed by atoms with van der Waals surface area (Å²) in [6, 6.07) is 0. The second-order valence-corrected chi connectivity index (χ2v) is 3.66. The number of hydrogen-bond acceptors (Lipinski definition) is 0. The zero-order valence-corrected chi connectivity index (χ0v) is 5.27. The van der Waals surface area contributed by atoms with Crippen molar-refractivity contribution in [2.24, 2.45) is 0 Å². The van der Waals surface area contributed by atoms with E-state index in [2.05, 4.69) is 0 Å². The molecule has 0 aliphatic carbocycles. The maximum absolute atomic E-state index is 1.58. The zero-order valence-electron chi connectivity index (χ0n) is 4.11. The summed E-state index contributed by atoms with van der Waals surface area (Å²) in [4.78, 5) is 0. The van der Waals surface area contributed by atoms with Crippen LogP contribution in [0, 0.1) is 0 Å². The molecular formula is C5H10Al. The molecule has 6 heavy (non-hydrogen) atoms. The first kappa shape index (κ1) is 4.69. The van der Waals surface area contributed by atoms with Crippen LogP contribution >= 0.6 is 0 Å². The van der Waals surface area contributed by atoms with Crippen molar-refractivity contribution in [1.29, 1.82) is 0 Å². The van der Waals surface area contributed by atoms with Crippen LogP contribution in [0.5, 0.6) is 0 Å². The molecule has 1 heteroatoms. The van der Waals surface area contributed by atoms with Gasteiger partial charge >= 0.3 is 0 Å². The lowest BCUT2D eigenvalue weighted by atomic mass is 10.3. The van der Waals surface area contributed by atoms with E-state index >= 15 is 0 Å². The SMILES string of the molecule is C1C[CH2][Al][CH2]C1. The highest BCUT2D eigenvalue weighted by Crippen LogP contribution is 2.10. The Hall–Kier alpha value is 0.532. The maximum Gasteiger partial charge on any atom is 0.199 e. The molecule has 0 bridgehead atoms. The van der Waals surface area contributed by atoms with Gasteiger partial charge in [-0.15, -0.1) is 10.6 Å². The molecule has 0 amide bonds. The third kappa shape index (κ3) is 1.33. The summed E-state index contributed by atoms with van der Waals surface area (Å²) < 4.78 is 0. The molecule has 0 spiro atoms. The molecule has 33 valence electrons. The minimum Gasteiger partial charge on any atom is -0.104 e. The highest BCUT2D eigenvalue weighted by atomic mass is 27.1. The highest BCUT2D eigenvalue weighted by molar-refractivity contribution is 6.35. The zero-order chi connectivity index (χ0) is 4.24. The highest BCUT2D eigenvalue weighted by Gasteiger charge is 1.98. The Labute approximate surface area is 45.6 Å². The second kappa shape index (κ2) is 2.66. The summed E-state index contributed by atoms with van der Waals surface area (Å²) in [6.07, 6.45) is 4.59. The fourth-order valence-electron chi connectivity index (χ4n) is 0.898. The molecule has 1 aliphatic heterocycles. The average molecular weight is 97.1 g/mol. The van der Waals surface area contributed by atoms with Gasteiger partial charge in [-0.2, -0.15) is 0 Å². The Morgan fingerprint density at radius 2 is 1.50 bits per heavy atom. The van der Waals surface area contributed by atoms with Crippen LogP contribution < -0.4 is 0 Å². The second-order valence-electron chi connectivity index (χ2n) is 1.93. The van der Waals surface area contributed by atoms with Crippen molar-refractivity contribution in [1.82, 2.24) is 0 Å². The van der Waals surface area contributed by atoms with E-state index in [0.29, 0.717) is 0 Å². The number of rotatable bonds is 0. The smallest absolute Gasteiger partial charge is 0.104 e. The van der Waals surface area contributed by atoms with E-state index in [1.807, 2.05) is 0 Å². The summed E-state index contributed by atoms with van der Waals surface area (Å²) >= 11 is 0.905. The van der Waals surface area contributed by atoms with Crippen LogP contribution in [0.25, 0.3) is 0 Å². The number of hydrogen-bond donors (Lipinski definition) is 0. The van der Waals surface area contributed by atoms with Crippen molar-refractivity contribution in [2.75, 3.05) is 0 Å². The summed E-state index contributed by atoms with van der Waals surface area (Å²) in [6.45, 7) is 0. The largest absolute Gasteiger partial charge is 0.199 e. The Morgan fingerprint density at radius 3 is 1.67 bits per heavy atom. The van der Waals surface area contributed by atoms with Crippen molar-refractivity contribution >= 4 is 15.2 Å². The lowest BCUT2D eigenvalue weighted by Gasteiger charge is -2.04. The van der Waals surface area contributed by atoms with E-state index in [1.54, 1.807) is 10.6 Å². The molecule has 0 N–H and O–H groups in total. The summed E-state index contributed by atoms with van der Waals surface area (Å²) in [5, 5.41) is 3.17. The van der Waals surface area contributed by atoms with Gasteiger partial charge in [0.05, 0.1) is 0 Å². The molecule has 1 fully saturated rings. The average Bonchev–Trinajstić information content (AvgIpc) is 1.72. The van der Waals surface area contributed by atoms with Crippen LogP contribution in [0.2, 0.25) is 10.6 Å². The van der Waals surface area contributed by atoms with Crippen molar-refractivity contribution in [3.63, 3.8) is 0 Å². The van der Waals surface area contributed by atoms with Crippen LogP contribution in [0.3, 0.4) is 0 Å². The van der Waals surface area contributed by atoms with E-state index in [-0.39, 0.29) is 0 Å². The molecule has 0 nitrogen and oxygen atoms in total. The van der Waals surface area contributed by atoms with Gasteiger partial charge in [0, 0.05) is 0 Å². The summed E-state index contributed by atoms with van der Waals surface area (Å²) in [7, 11) is 0. The normalized spacial score (nSPS) is 22.7. The Balaban J connectivity index is 2.00. The van der Waals surface area contributed by atoms with E-state index in [9.17, 15) is 0 Å². The van der Waals surface area contributed by atoms with Crippen LogP contribution in [0.4, 0.5) is 0 Å². The van der Waals surface area contributed by atoms with Crippen molar-refractivity contribution < 1.29 is 0 Å². The molecule has 0 aromatic heterocycles. The first-order valence-electron chi connectivity index (χ1n) is 2.82. The van der Waals surface area contributed by atoms with Gasteiger partial charge in [-0.05, 0) is 0 Å². The van der Waals surface area contributed by atoms with Crippen LogP contribution in [0.1, 0.15) is 19.3 Å². The van der Waals surface area contributed by atoms with Crippen molar-refractivity contribution in [3.05, 3.63) is 0 Å². The van der Waals surface area contributed by atoms with E-state index in [4.69, 9.17) is 0 Å². The molecule has 0 aromatic rings. The molecule has 1 rings (SSSR count). The monoisotopic (exact) mass is 97.1 g/mol. The predicted molar refractivity (Wildman–Crippen MR) is 29.2 cm³/mol. The Bertz CT molecular complexity index is 19.4. The van der Waals surface area contributed by atoms with Gasteiger partial charge in [0.15, 0.2) is 15.2 Å². The minimum atomic E-state index is 0.905. The summed E-state index contributed by atoms with van der Waals surface area (Å²) in [5.74, 6) is 0. The van der Waals surface area contributed by atoms with Crippen molar-refractivity contribution in [2.45, 2.75) is 29.8 Å². The maximum atomic E-state index is 1.58. The predicted octanol–water partition coefficient (Wildman–Crippen LogP) is 1.71. The Morgan fingerprint density at radius 1 is 0.833 bits per heavy atom. The van der Waals surface area contributed by atoms with Crippen LogP contribution in [-0.2, 0) is 0 Å². The quantitative estimate of drug-likeness (QED) is 0.404. The standard InChI is InChI=1S/C5H10.Al/c1-3-5-4-2;/h1-5H2;. The van der Waals surface area contributed by atoms with Crippen molar-refractivity contribution in [3.8, 4) is 0 Å². The van der Waals surface area contributed by atoms with Gasteiger partial charge in [-0.1, -0.05) is 19.3 Å². The van der Waals surface area contributed by atoms with Crippen LogP contribution in [-0.4, -0.2) is 15.2 Å². The molecule has 1 radical (unpaired) electrons. The van der Waals surface area contributed by atoms with E-state index in [0.717, 1.165) is 15.2 Å². The van der Waals surface area contributed by atoms with Crippen LogP contribution in [0.15, 0.2) is 0 Å². The van der Waals surface area contributed by atoms with Gasteiger partial charge in [-0.3, -0.25) is 0 Å². The molecule has 1 heterocycles. The van der Waals surface area contributed by atoms with Gasteiger partial charge in [0.2, 0.25) is 0 Å². The first-order valence-corrected chi connectivity index (χ1v) is 4.45. The van der Waals surface area contributed by atoms with Gasteiger partial charge in [0.25, 0.3) is 0 Å². The summed E-state index contributed by atoms with van der Waals surface area (Å²) in [5.41, 5.74) is 0. The first-order chi connectivity index (χ1) is 3.00. The molecule has 0 saturated carbocycles. The third-order valence-corrected chi connectivity index (χ3v) is 2.95. The molecule has 0 atom stereocenters. The fourth-order valence-corrected chi connectivity index (χ4v) is 2.34. The third-order valence-electron chi connectivity index (χ3n) is 1.32. The molecule has 0 unspecified atom stereocenters. The lowest BCUT2D eigenvalue weighted by Crippen LogP contribution is -1.94. The minimum absolute atomic E-state index is 0.905. The van der Waals surface area contributed by atoms with Gasteiger partial charge in [-0.25, -0.2) is 0 Å². The molecule has 1 saturated heterocycles. The van der Waals surface area contributed by atoms with Gasteiger partial charge in [0.1, 0.15) is 0 Å². The topological polar surface area (TPSA) is 0 Å². The van der Waals surface area contributed by atoms with E-state index in [1.165, 1.54) is 19.3 Å². The fraction of sp³-hybridized carbons (Fsp3) is 1.00.